The van der Waals surface area contributed by atoms with E-state index < -0.39 is 0 Å². The molecule has 3 saturated carbocycles. The van der Waals surface area contributed by atoms with Gasteiger partial charge in [0.2, 0.25) is 0 Å². The van der Waals surface area contributed by atoms with E-state index in [2.05, 4.69) is 11.8 Å². The standard InChI is InChI=1S/C21H28O2/c1-2-3-15-5-9-20-19-7-4-14-12-16(23)6-8-17(14)18(19)10-11-21(15,20)13-22/h12,15,17-20,22H,4-11,13H2,1H3/t15?,17-,18+,19+,20-,21-/m0/s1. The first-order valence-electron chi connectivity index (χ1n) is 9.46. The maximum absolute atomic E-state index is 11.7. The summed E-state index contributed by atoms with van der Waals surface area (Å²) in [5.74, 6) is 10.1. The van der Waals surface area contributed by atoms with Crippen molar-refractivity contribution >= 4 is 5.78 Å². The highest BCUT2D eigenvalue weighted by Gasteiger charge is 2.57. The molecule has 4 aliphatic rings. The van der Waals surface area contributed by atoms with Crippen LogP contribution >= 0.6 is 0 Å². The largest absolute Gasteiger partial charge is 0.396 e. The number of hydrogen-bond donors (Lipinski definition) is 1. The van der Waals surface area contributed by atoms with Gasteiger partial charge in [-0.05, 0) is 81.6 Å². The maximum Gasteiger partial charge on any atom is 0.155 e. The van der Waals surface area contributed by atoms with E-state index in [1.165, 1.54) is 31.3 Å². The molecule has 1 N–H and O–H groups in total. The van der Waals surface area contributed by atoms with Gasteiger partial charge in [-0.15, -0.1) is 5.92 Å². The fourth-order valence-electron chi connectivity index (χ4n) is 6.69. The monoisotopic (exact) mass is 312 g/mol. The van der Waals surface area contributed by atoms with Gasteiger partial charge < -0.3 is 5.11 Å². The Morgan fingerprint density at radius 2 is 2.04 bits per heavy atom. The topological polar surface area (TPSA) is 37.3 Å². The minimum atomic E-state index is 0.0654. The summed E-state index contributed by atoms with van der Waals surface area (Å²) >= 11 is 0. The molecule has 0 bridgehead atoms. The Morgan fingerprint density at radius 1 is 1.17 bits per heavy atom. The van der Waals surface area contributed by atoms with Crippen LogP contribution in [0.5, 0.6) is 0 Å². The number of ketones is 1. The zero-order valence-corrected chi connectivity index (χ0v) is 14.2. The van der Waals surface area contributed by atoms with E-state index in [1.54, 1.807) is 0 Å². The van der Waals surface area contributed by atoms with Crippen molar-refractivity contribution in [2.75, 3.05) is 6.61 Å². The van der Waals surface area contributed by atoms with Crippen LogP contribution in [0.15, 0.2) is 11.6 Å². The molecule has 4 aliphatic carbocycles. The van der Waals surface area contributed by atoms with Crippen LogP contribution in [0.3, 0.4) is 0 Å². The van der Waals surface area contributed by atoms with E-state index in [-0.39, 0.29) is 5.41 Å². The molecule has 2 nitrogen and oxygen atoms in total. The Bertz CT molecular complexity index is 593. The van der Waals surface area contributed by atoms with Gasteiger partial charge in [-0.1, -0.05) is 11.5 Å². The Kier molecular flexibility index (Phi) is 3.88. The van der Waals surface area contributed by atoms with Gasteiger partial charge in [-0.3, -0.25) is 4.79 Å². The van der Waals surface area contributed by atoms with E-state index in [0.29, 0.717) is 30.1 Å². The molecule has 124 valence electrons. The highest BCUT2D eigenvalue weighted by atomic mass is 16.3. The molecule has 0 radical (unpaired) electrons. The normalized spacial score (nSPS) is 45.2. The van der Waals surface area contributed by atoms with Gasteiger partial charge in [-0.2, -0.15) is 0 Å². The number of fused-ring (bicyclic) bond motifs is 5. The predicted octanol–water partition coefficient (Wildman–Crippen LogP) is 3.74. The van der Waals surface area contributed by atoms with Crippen LogP contribution in [0.4, 0.5) is 0 Å². The molecular weight excluding hydrogens is 284 g/mol. The summed E-state index contributed by atoms with van der Waals surface area (Å²) in [5.41, 5.74) is 1.51. The van der Waals surface area contributed by atoms with Crippen LogP contribution in [-0.4, -0.2) is 17.5 Å². The average molecular weight is 312 g/mol. The second-order valence-electron chi connectivity index (χ2n) is 8.26. The second kappa shape index (κ2) is 5.78. The number of aliphatic hydroxyl groups excluding tert-OH is 1. The van der Waals surface area contributed by atoms with Gasteiger partial charge in [0, 0.05) is 17.8 Å². The number of allylic oxidation sites excluding steroid dienone is 1. The lowest BCUT2D eigenvalue weighted by atomic mass is 9.51. The lowest BCUT2D eigenvalue weighted by molar-refractivity contribution is -0.116. The van der Waals surface area contributed by atoms with Crippen LogP contribution in [0.2, 0.25) is 0 Å². The Hall–Kier alpha value is -1.07. The lowest BCUT2D eigenvalue weighted by Gasteiger charge is -2.54. The fourth-order valence-corrected chi connectivity index (χ4v) is 6.69. The predicted molar refractivity (Wildman–Crippen MR) is 90.4 cm³/mol. The molecule has 23 heavy (non-hydrogen) atoms. The summed E-state index contributed by atoms with van der Waals surface area (Å²) in [7, 11) is 0. The highest BCUT2D eigenvalue weighted by molar-refractivity contribution is 5.91. The molecule has 6 atom stereocenters. The van der Waals surface area contributed by atoms with Crippen LogP contribution in [0.25, 0.3) is 0 Å². The molecule has 4 rings (SSSR count). The molecular formula is C21H28O2. The molecule has 0 aromatic carbocycles. The first-order chi connectivity index (χ1) is 11.2. The van der Waals surface area contributed by atoms with E-state index in [0.717, 1.165) is 37.5 Å². The van der Waals surface area contributed by atoms with Crippen molar-refractivity contribution in [3.8, 4) is 11.8 Å². The lowest BCUT2D eigenvalue weighted by Crippen LogP contribution is -2.49. The number of carbonyl (C=O) groups is 1. The first-order valence-corrected chi connectivity index (χ1v) is 9.46. The summed E-state index contributed by atoms with van der Waals surface area (Å²) < 4.78 is 0. The van der Waals surface area contributed by atoms with Crippen LogP contribution in [0, 0.1) is 46.8 Å². The SMILES string of the molecule is CC#CC1CC[C@H]2[C@@H]3CCC4=CC(=O)CC[C@@H]4[C@H]3CC[C@]12CO. The Balaban J connectivity index is 1.63. The fraction of sp³-hybridized carbons (Fsp3) is 0.762. The Morgan fingerprint density at radius 3 is 2.83 bits per heavy atom. The minimum absolute atomic E-state index is 0.0654. The van der Waals surface area contributed by atoms with E-state index in [9.17, 15) is 9.90 Å². The third kappa shape index (κ3) is 2.23. The molecule has 3 fully saturated rings. The van der Waals surface area contributed by atoms with Gasteiger partial charge in [0.25, 0.3) is 0 Å². The molecule has 1 unspecified atom stereocenters. The smallest absolute Gasteiger partial charge is 0.155 e. The minimum Gasteiger partial charge on any atom is -0.396 e. The molecule has 0 aromatic rings. The Labute approximate surface area is 139 Å². The van der Waals surface area contributed by atoms with Gasteiger partial charge in [0.05, 0.1) is 6.61 Å². The zero-order valence-electron chi connectivity index (χ0n) is 14.2. The maximum atomic E-state index is 11.7. The average Bonchev–Trinajstić information content (AvgIpc) is 2.94. The zero-order chi connectivity index (χ0) is 16.0. The molecule has 0 amide bonds. The van der Waals surface area contributed by atoms with Crippen LogP contribution in [-0.2, 0) is 4.79 Å². The number of hydrogen-bond acceptors (Lipinski definition) is 2. The van der Waals surface area contributed by atoms with Crippen molar-refractivity contribution in [2.45, 2.75) is 58.3 Å². The van der Waals surface area contributed by atoms with Crippen molar-refractivity contribution in [1.29, 1.82) is 0 Å². The summed E-state index contributed by atoms with van der Waals surface area (Å²) in [5, 5.41) is 10.3. The van der Waals surface area contributed by atoms with Gasteiger partial charge in [0.1, 0.15) is 0 Å². The van der Waals surface area contributed by atoms with E-state index in [1.807, 2.05) is 13.0 Å². The van der Waals surface area contributed by atoms with E-state index >= 15 is 0 Å². The molecule has 0 spiro atoms. The van der Waals surface area contributed by atoms with Gasteiger partial charge >= 0.3 is 0 Å². The molecule has 0 heterocycles. The summed E-state index contributed by atoms with van der Waals surface area (Å²) in [6.07, 6.45) is 10.9. The molecule has 0 saturated heterocycles. The van der Waals surface area contributed by atoms with Crippen molar-refractivity contribution in [2.24, 2.45) is 35.0 Å². The van der Waals surface area contributed by atoms with Crippen molar-refractivity contribution in [3.63, 3.8) is 0 Å². The third-order valence-corrected chi connectivity index (χ3v) is 7.63. The number of aliphatic hydroxyl groups is 1. The van der Waals surface area contributed by atoms with Crippen LogP contribution < -0.4 is 0 Å². The quantitative estimate of drug-likeness (QED) is 0.749. The second-order valence-corrected chi connectivity index (χ2v) is 8.26. The first kappa shape index (κ1) is 15.5. The van der Waals surface area contributed by atoms with Crippen LogP contribution in [0.1, 0.15) is 58.3 Å². The number of carbonyl (C=O) groups excluding carboxylic acids is 1. The van der Waals surface area contributed by atoms with Crippen molar-refractivity contribution in [1.82, 2.24) is 0 Å². The highest BCUT2D eigenvalue weighted by Crippen LogP contribution is 2.63. The van der Waals surface area contributed by atoms with Gasteiger partial charge in [-0.25, -0.2) is 0 Å². The van der Waals surface area contributed by atoms with Gasteiger partial charge in [0.15, 0.2) is 5.78 Å². The number of rotatable bonds is 1. The summed E-state index contributed by atoms with van der Waals surface area (Å²) in [6, 6.07) is 0. The molecule has 0 aliphatic heterocycles. The molecule has 0 aromatic heterocycles. The van der Waals surface area contributed by atoms with Crippen molar-refractivity contribution < 1.29 is 9.90 Å². The third-order valence-electron chi connectivity index (χ3n) is 7.63. The summed E-state index contributed by atoms with van der Waals surface area (Å²) in [6.45, 7) is 2.24. The molecule has 2 heteroatoms. The summed E-state index contributed by atoms with van der Waals surface area (Å²) in [4.78, 5) is 11.7. The van der Waals surface area contributed by atoms with E-state index in [4.69, 9.17) is 0 Å². The van der Waals surface area contributed by atoms with Crippen molar-refractivity contribution in [3.05, 3.63) is 11.6 Å².